The van der Waals surface area contributed by atoms with Gasteiger partial charge in [0.1, 0.15) is 0 Å². The highest BCUT2D eigenvalue weighted by Gasteiger charge is 2.14. The summed E-state index contributed by atoms with van der Waals surface area (Å²) in [6.45, 7) is 4.28. The molecule has 56 valence electrons. The lowest BCUT2D eigenvalue weighted by Crippen LogP contribution is -1.87. The molecule has 0 saturated heterocycles. The van der Waals surface area contributed by atoms with E-state index in [9.17, 15) is 0 Å². The smallest absolute Gasteiger partial charge is 0.0693 e. The molecule has 0 spiro atoms. The molecule has 2 rings (SSSR count). The van der Waals surface area contributed by atoms with Gasteiger partial charge in [0.25, 0.3) is 0 Å². The highest BCUT2D eigenvalue weighted by molar-refractivity contribution is 5.81. The highest BCUT2D eigenvalue weighted by atomic mass is 14.8. The van der Waals surface area contributed by atoms with Crippen LogP contribution in [-0.2, 0) is 0 Å². The van der Waals surface area contributed by atoms with Gasteiger partial charge in [-0.15, -0.1) is 0 Å². The van der Waals surface area contributed by atoms with Crippen LogP contribution >= 0.6 is 0 Å². The molecule has 0 N–H and O–H groups in total. The molecule has 1 unspecified atom stereocenters. The van der Waals surface area contributed by atoms with E-state index in [0.29, 0.717) is 5.92 Å². The second-order valence-corrected chi connectivity index (χ2v) is 3.08. The van der Waals surface area contributed by atoms with Gasteiger partial charge in [0, 0.05) is 12.1 Å². The minimum absolute atomic E-state index is 0.505. The maximum absolute atomic E-state index is 4.35. The quantitative estimate of drug-likeness (QED) is 0.532. The fraction of sp³-hybridized carbons (Fsp3) is 0.300. The summed E-state index contributed by atoms with van der Waals surface area (Å²) in [7, 11) is 0. The maximum Gasteiger partial charge on any atom is 0.0693 e. The van der Waals surface area contributed by atoms with Gasteiger partial charge in [-0.3, -0.25) is 4.99 Å². The topological polar surface area (TPSA) is 12.4 Å². The summed E-state index contributed by atoms with van der Waals surface area (Å²) in [5, 5.41) is 0. The average molecular weight is 145 g/mol. The van der Waals surface area contributed by atoms with Crippen LogP contribution in [0.1, 0.15) is 24.0 Å². The van der Waals surface area contributed by atoms with E-state index in [1.807, 2.05) is 6.21 Å². The summed E-state index contributed by atoms with van der Waals surface area (Å²) >= 11 is 0. The van der Waals surface area contributed by atoms with Crippen LogP contribution in [-0.4, -0.2) is 6.21 Å². The van der Waals surface area contributed by atoms with Gasteiger partial charge < -0.3 is 0 Å². The van der Waals surface area contributed by atoms with Crippen molar-refractivity contribution in [2.24, 2.45) is 4.99 Å². The number of rotatable bonds is 0. The van der Waals surface area contributed by atoms with Crippen molar-refractivity contribution in [3.8, 4) is 0 Å². The first kappa shape index (κ1) is 6.59. The number of benzene rings is 1. The van der Waals surface area contributed by atoms with Crippen LogP contribution < -0.4 is 0 Å². The molecule has 1 heterocycles. The third kappa shape index (κ3) is 0.881. The molecule has 0 aromatic heterocycles. The zero-order valence-electron chi connectivity index (χ0n) is 6.83. The molecule has 1 atom stereocenters. The summed E-state index contributed by atoms with van der Waals surface area (Å²) < 4.78 is 0. The van der Waals surface area contributed by atoms with Gasteiger partial charge in [-0.1, -0.05) is 25.1 Å². The zero-order chi connectivity index (χ0) is 7.84. The summed E-state index contributed by atoms with van der Waals surface area (Å²) in [6.07, 6.45) is 2.01. The second-order valence-electron chi connectivity index (χ2n) is 3.08. The Morgan fingerprint density at radius 3 is 2.91 bits per heavy atom. The SMILES string of the molecule is Cc1cccc2c1N=CC2C. The van der Waals surface area contributed by atoms with Crippen LogP contribution in [0.15, 0.2) is 23.2 Å². The van der Waals surface area contributed by atoms with Crippen LogP contribution in [0, 0.1) is 6.92 Å². The minimum atomic E-state index is 0.505. The molecule has 1 aliphatic rings. The summed E-state index contributed by atoms with van der Waals surface area (Å²) in [5.41, 5.74) is 3.83. The number of aryl methyl sites for hydroxylation is 1. The molecule has 1 aromatic carbocycles. The van der Waals surface area contributed by atoms with Crippen molar-refractivity contribution in [1.82, 2.24) is 0 Å². The Hall–Kier alpha value is -1.11. The molecular formula is C10H11N. The third-order valence-electron chi connectivity index (χ3n) is 2.19. The van der Waals surface area contributed by atoms with Crippen LogP contribution in [0.4, 0.5) is 5.69 Å². The molecule has 0 amide bonds. The highest BCUT2D eigenvalue weighted by Crippen LogP contribution is 2.33. The van der Waals surface area contributed by atoms with E-state index in [-0.39, 0.29) is 0 Å². The lowest BCUT2D eigenvalue weighted by Gasteiger charge is -2.03. The summed E-state index contributed by atoms with van der Waals surface area (Å²) in [4.78, 5) is 4.35. The standard InChI is InChI=1S/C10H11N/c1-7-4-3-5-9-8(2)6-11-10(7)9/h3-6,8H,1-2H3. The van der Waals surface area contributed by atoms with Gasteiger partial charge in [-0.05, 0) is 18.1 Å². The van der Waals surface area contributed by atoms with E-state index in [1.54, 1.807) is 0 Å². The predicted molar refractivity (Wildman–Crippen MR) is 47.7 cm³/mol. The van der Waals surface area contributed by atoms with Crippen molar-refractivity contribution in [1.29, 1.82) is 0 Å². The molecule has 0 bridgehead atoms. The molecule has 1 heteroatoms. The van der Waals surface area contributed by atoms with Gasteiger partial charge in [0.05, 0.1) is 5.69 Å². The average Bonchev–Trinajstić information content (AvgIpc) is 2.35. The first-order valence-corrected chi connectivity index (χ1v) is 3.93. The molecule has 0 aliphatic carbocycles. The van der Waals surface area contributed by atoms with Crippen molar-refractivity contribution in [3.05, 3.63) is 29.3 Å². The number of hydrogen-bond acceptors (Lipinski definition) is 1. The monoisotopic (exact) mass is 145 g/mol. The van der Waals surface area contributed by atoms with Crippen molar-refractivity contribution < 1.29 is 0 Å². The van der Waals surface area contributed by atoms with E-state index in [0.717, 1.165) is 0 Å². The van der Waals surface area contributed by atoms with Crippen molar-refractivity contribution in [2.75, 3.05) is 0 Å². The second kappa shape index (κ2) is 2.19. The Bertz CT molecular complexity index is 313. The molecule has 1 aliphatic heterocycles. The maximum atomic E-state index is 4.35. The van der Waals surface area contributed by atoms with Gasteiger partial charge in [-0.2, -0.15) is 0 Å². The van der Waals surface area contributed by atoms with Crippen LogP contribution in [0.2, 0.25) is 0 Å². The Labute approximate surface area is 66.8 Å². The molecule has 0 radical (unpaired) electrons. The largest absolute Gasteiger partial charge is 0.260 e. The fourth-order valence-electron chi connectivity index (χ4n) is 1.49. The normalized spacial score (nSPS) is 20.4. The zero-order valence-corrected chi connectivity index (χ0v) is 6.83. The van der Waals surface area contributed by atoms with Crippen molar-refractivity contribution in [2.45, 2.75) is 19.8 Å². The van der Waals surface area contributed by atoms with E-state index in [2.05, 4.69) is 37.0 Å². The van der Waals surface area contributed by atoms with Gasteiger partial charge in [0.15, 0.2) is 0 Å². The van der Waals surface area contributed by atoms with E-state index in [1.165, 1.54) is 16.8 Å². The molecule has 0 fully saturated rings. The molecule has 11 heavy (non-hydrogen) atoms. The summed E-state index contributed by atoms with van der Waals surface area (Å²) in [5.74, 6) is 0.505. The molecular weight excluding hydrogens is 134 g/mol. The van der Waals surface area contributed by atoms with Gasteiger partial charge in [0.2, 0.25) is 0 Å². The van der Waals surface area contributed by atoms with Crippen LogP contribution in [0.25, 0.3) is 0 Å². The molecule has 0 saturated carbocycles. The van der Waals surface area contributed by atoms with Gasteiger partial charge >= 0.3 is 0 Å². The number of para-hydroxylation sites is 1. The lowest BCUT2D eigenvalue weighted by atomic mass is 10.0. The first-order valence-electron chi connectivity index (χ1n) is 3.93. The Morgan fingerprint density at radius 1 is 1.36 bits per heavy atom. The summed E-state index contributed by atoms with van der Waals surface area (Å²) in [6, 6.07) is 6.35. The Kier molecular flexibility index (Phi) is 1.31. The van der Waals surface area contributed by atoms with E-state index in [4.69, 9.17) is 0 Å². The number of aliphatic imine (C=N–C) groups is 1. The number of nitrogens with zero attached hydrogens (tertiary/aromatic N) is 1. The third-order valence-corrected chi connectivity index (χ3v) is 2.19. The van der Waals surface area contributed by atoms with Gasteiger partial charge in [-0.25, -0.2) is 0 Å². The molecule has 1 nitrogen and oxygen atoms in total. The van der Waals surface area contributed by atoms with Crippen molar-refractivity contribution in [3.63, 3.8) is 0 Å². The Balaban J connectivity index is 2.65. The predicted octanol–water partition coefficient (Wildman–Crippen LogP) is 2.81. The van der Waals surface area contributed by atoms with E-state index >= 15 is 0 Å². The Morgan fingerprint density at radius 2 is 2.18 bits per heavy atom. The molecule has 1 aromatic rings. The fourth-order valence-corrected chi connectivity index (χ4v) is 1.49. The number of hydrogen-bond donors (Lipinski definition) is 0. The minimum Gasteiger partial charge on any atom is -0.260 e. The first-order chi connectivity index (χ1) is 5.29. The van der Waals surface area contributed by atoms with Crippen LogP contribution in [0.5, 0.6) is 0 Å². The number of fused-ring (bicyclic) bond motifs is 1. The van der Waals surface area contributed by atoms with E-state index < -0.39 is 0 Å². The van der Waals surface area contributed by atoms with Crippen molar-refractivity contribution >= 4 is 11.9 Å². The van der Waals surface area contributed by atoms with Crippen LogP contribution in [0.3, 0.4) is 0 Å². The lowest BCUT2D eigenvalue weighted by molar-refractivity contribution is 1.07.